The topological polar surface area (TPSA) is 17.1 Å². The first-order valence-electron chi connectivity index (χ1n) is 6.86. The maximum atomic E-state index is 11.6. The minimum atomic E-state index is -0.126. The van der Waals surface area contributed by atoms with Gasteiger partial charge in [-0.15, -0.1) is 0 Å². The van der Waals surface area contributed by atoms with Gasteiger partial charge >= 0.3 is 0 Å². The number of benzene rings is 2. The van der Waals surface area contributed by atoms with Crippen molar-refractivity contribution in [3.8, 4) is 0 Å². The van der Waals surface area contributed by atoms with E-state index in [0.717, 1.165) is 6.42 Å². The van der Waals surface area contributed by atoms with Gasteiger partial charge in [-0.1, -0.05) is 77.5 Å². The van der Waals surface area contributed by atoms with E-state index in [2.05, 4.69) is 65.3 Å². The molecule has 0 aliphatic rings. The number of hydrogen-bond donors (Lipinski definition) is 0. The zero-order valence-corrected chi connectivity index (χ0v) is 13.4. The van der Waals surface area contributed by atoms with E-state index in [1.165, 1.54) is 16.7 Å². The highest BCUT2D eigenvalue weighted by Gasteiger charge is 2.22. The molecule has 2 heteroatoms. The van der Waals surface area contributed by atoms with Crippen LogP contribution in [0.15, 0.2) is 54.6 Å². The summed E-state index contributed by atoms with van der Waals surface area (Å²) in [5.41, 5.74) is 3.83. The third-order valence-corrected chi connectivity index (χ3v) is 5.05. The molecule has 0 amide bonds. The molecule has 0 aliphatic heterocycles. The number of hydrogen-bond acceptors (Lipinski definition) is 1. The summed E-state index contributed by atoms with van der Waals surface area (Å²) in [6.45, 7) is 3.74. The highest BCUT2D eigenvalue weighted by atomic mass is 79.9. The van der Waals surface area contributed by atoms with Crippen LogP contribution in [0.2, 0.25) is 0 Å². The van der Waals surface area contributed by atoms with Crippen LogP contribution < -0.4 is 0 Å². The van der Waals surface area contributed by atoms with Crippen LogP contribution >= 0.6 is 15.9 Å². The van der Waals surface area contributed by atoms with Gasteiger partial charge in [-0.3, -0.25) is 4.79 Å². The maximum Gasteiger partial charge on any atom is 0.144 e. The van der Waals surface area contributed by atoms with Crippen LogP contribution in [0.25, 0.3) is 0 Å². The van der Waals surface area contributed by atoms with Crippen LogP contribution in [0, 0.1) is 0 Å². The molecule has 2 unspecified atom stereocenters. The quantitative estimate of drug-likeness (QED) is 0.724. The Morgan fingerprint density at radius 2 is 1.65 bits per heavy atom. The summed E-state index contributed by atoms with van der Waals surface area (Å²) >= 11 is 3.51. The van der Waals surface area contributed by atoms with Gasteiger partial charge in [0.15, 0.2) is 0 Å². The second-order valence-corrected chi connectivity index (χ2v) is 6.15. The van der Waals surface area contributed by atoms with Gasteiger partial charge in [0.05, 0.1) is 4.83 Å². The smallest absolute Gasteiger partial charge is 0.144 e. The van der Waals surface area contributed by atoms with Crippen molar-refractivity contribution in [2.24, 2.45) is 0 Å². The summed E-state index contributed by atoms with van der Waals surface area (Å²) in [4.78, 5) is 11.5. The van der Waals surface area contributed by atoms with Crippen molar-refractivity contribution < 1.29 is 4.79 Å². The first-order valence-corrected chi connectivity index (χ1v) is 7.77. The average Bonchev–Trinajstić information content (AvgIpc) is 2.47. The number of rotatable bonds is 5. The van der Waals surface area contributed by atoms with Crippen LogP contribution in [-0.4, -0.2) is 10.6 Å². The number of alkyl halides is 1. The summed E-state index contributed by atoms with van der Waals surface area (Å²) in [6.07, 6.45) is 0.902. The van der Waals surface area contributed by atoms with Gasteiger partial charge in [0.25, 0.3) is 0 Å². The Labute approximate surface area is 129 Å². The molecule has 1 nitrogen and oxygen atoms in total. The molecule has 0 aromatic heterocycles. The lowest BCUT2D eigenvalue weighted by molar-refractivity contribution is -0.116. The minimum absolute atomic E-state index is 0.126. The highest BCUT2D eigenvalue weighted by Crippen LogP contribution is 2.29. The van der Waals surface area contributed by atoms with Crippen LogP contribution in [0.4, 0.5) is 0 Å². The zero-order valence-electron chi connectivity index (χ0n) is 11.8. The number of carbonyl (C=O) groups excluding carboxylic acids is 1. The Morgan fingerprint density at radius 1 is 1.05 bits per heavy atom. The van der Waals surface area contributed by atoms with Gasteiger partial charge in [-0.2, -0.15) is 0 Å². The molecule has 2 aromatic carbocycles. The van der Waals surface area contributed by atoms with Crippen molar-refractivity contribution >= 4 is 21.7 Å². The van der Waals surface area contributed by atoms with Gasteiger partial charge in [0.1, 0.15) is 5.78 Å². The monoisotopic (exact) mass is 330 g/mol. The van der Waals surface area contributed by atoms with E-state index in [-0.39, 0.29) is 16.5 Å². The van der Waals surface area contributed by atoms with Gasteiger partial charge in [-0.25, -0.2) is 0 Å². The molecule has 20 heavy (non-hydrogen) atoms. The maximum absolute atomic E-state index is 11.6. The van der Waals surface area contributed by atoms with Gasteiger partial charge in [0, 0.05) is 5.92 Å². The second-order valence-electron chi connectivity index (χ2n) is 5.16. The van der Waals surface area contributed by atoms with E-state index in [1.807, 2.05) is 12.1 Å². The van der Waals surface area contributed by atoms with E-state index in [4.69, 9.17) is 0 Å². The number of halogens is 1. The Hall–Kier alpha value is -1.41. The molecule has 0 saturated heterocycles. The van der Waals surface area contributed by atoms with Gasteiger partial charge in [-0.05, 0) is 30.0 Å². The van der Waals surface area contributed by atoms with Crippen LogP contribution in [0.1, 0.15) is 36.5 Å². The SMILES string of the molecule is CC(=O)C(Br)C(C)c1ccccc1Cc1ccccc1. The fourth-order valence-electron chi connectivity index (χ4n) is 2.46. The van der Waals surface area contributed by atoms with Crippen molar-refractivity contribution in [3.63, 3.8) is 0 Å². The van der Waals surface area contributed by atoms with Crippen LogP contribution in [0.3, 0.4) is 0 Å². The number of ketones is 1. The summed E-state index contributed by atoms with van der Waals surface area (Å²) in [7, 11) is 0. The predicted octanol–water partition coefficient (Wildman–Crippen LogP) is 4.73. The molecule has 104 valence electrons. The molecule has 0 bridgehead atoms. The molecule has 2 rings (SSSR count). The number of Topliss-reactive ketones (excluding diaryl/α,β-unsaturated/α-hetero) is 1. The zero-order chi connectivity index (χ0) is 14.5. The lowest BCUT2D eigenvalue weighted by Gasteiger charge is -2.20. The lowest BCUT2D eigenvalue weighted by atomic mass is 9.89. The highest BCUT2D eigenvalue weighted by molar-refractivity contribution is 9.10. The standard InChI is InChI=1S/C18H19BrO/c1-13(18(19)14(2)20)17-11-7-6-10-16(17)12-15-8-4-3-5-9-15/h3-11,13,18H,12H2,1-2H3. The Bertz CT molecular complexity index is 577. The average molecular weight is 331 g/mol. The van der Waals surface area contributed by atoms with Gasteiger partial charge < -0.3 is 0 Å². The van der Waals surface area contributed by atoms with Crippen molar-refractivity contribution in [2.45, 2.75) is 31.0 Å². The fourth-order valence-corrected chi connectivity index (χ4v) is 2.75. The third-order valence-electron chi connectivity index (χ3n) is 3.61. The molecular formula is C18H19BrO. The molecule has 0 spiro atoms. The Kier molecular flexibility index (Phi) is 5.13. The fraction of sp³-hybridized carbons (Fsp3) is 0.278. The van der Waals surface area contributed by atoms with E-state index >= 15 is 0 Å². The van der Waals surface area contributed by atoms with Crippen molar-refractivity contribution in [3.05, 3.63) is 71.3 Å². The molecular weight excluding hydrogens is 312 g/mol. The second kappa shape index (κ2) is 6.85. The van der Waals surface area contributed by atoms with Crippen molar-refractivity contribution in [1.82, 2.24) is 0 Å². The van der Waals surface area contributed by atoms with E-state index < -0.39 is 0 Å². The summed E-state index contributed by atoms with van der Waals surface area (Å²) in [6, 6.07) is 18.8. The largest absolute Gasteiger partial charge is 0.299 e. The summed E-state index contributed by atoms with van der Waals surface area (Å²) in [5, 5.41) is 0. The molecule has 0 N–H and O–H groups in total. The normalized spacial score (nSPS) is 13.8. The van der Waals surface area contributed by atoms with Gasteiger partial charge in [0.2, 0.25) is 0 Å². The van der Waals surface area contributed by atoms with Crippen LogP contribution in [-0.2, 0) is 11.2 Å². The third kappa shape index (κ3) is 3.57. The minimum Gasteiger partial charge on any atom is -0.299 e. The molecule has 0 fully saturated rings. The Balaban J connectivity index is 2.29. The predicted molar refractivity (Wildman–Crippen MR) is 87.5 cm³/mol. The molecule has 2 aromatic rings. The first-order chi connectivity index (χ1) is 9.59. The summed E-state index contributed by atoms with van der Waals surface area (Å²) in [5.74, 6) is 0.347. The first kappa shape index (κ1) is 15.0. The molecule has 0 heterocycles. The van der Waals surface area contributed by atoms with E-state index in [9.17, 15) is 4.79 Å². The molecule has 0 saturated carbocycles. The van der Waals surface area contributed by atoms with Crippen molar-refractivity contribution in [1.29, 1.82) is 0 Å². The number of carbonyl (C=O) groups is 1. The van der Waals surface area contributed by atoms with Crippen LogP contribution in [0.5, 0.6) is 0 Å². The van der Waals surface area contributed by atoms with E-state index in [0.29, 0.717) is 0 Å². The van der Waals surface area contributed by atoms with E-state index in [1.54, 1.807) is 6.92 Å². The molecule has 0 aliphatic carbocycles. The summed E-state index contributed by atoms with van der Waals surface area (Å²) < 4.78 is 0. The Morgan fingerprint density at radius 3 is 2.30 bits per heavy atom. The molecule has 0 radical (unpaired) electrons. The lowest BCUT2D eigenvalue weighted by Crippen LogP contribution is -2.18. The molecule has 2 atom stereocenters. The van der Waals surface area contributed by atoms with Crippen molar-refractivity contribution in [2.75, 3.05) is 0 Å².